The zero-order chi connectivity index (χ0) is 19.1. The van der Waals surface area contributed by atoms with Crippen molar-refractivity contribution in [1.82, 2.24) is 15.5 Å². The summed E-state index contributed by atoms with van der Waals surface area (Å²) >= 11 is 1.82. The number of rotatable bonds is 6. The number of guanidine groups is 1. The van der Waals surface area contributed by atoms with Crippen LogP contribution >= 0.6 is 35.3 Å². The highest BCUT2D eigenvalue weighted by Crippen LogP contribution is 2.21. The van der Waals surface area contributed by atoms with Crippen LogP contribution in [-0.4, -0.2) is 43.1 Å². The van der Waals surface area contributed by atoms with Gasteiger partial charge in [0.15, 0.2) is 5.96 Å². The Bertz CT molecular complexity index is 705. The average molecular weight is 513 g/mol. The lowest BCUT2D eigenvalue weighted by Gasteiger charge is -2.38. The van der Waals surface area contributed by atoms with E-state index in [2.05, 4.69) is 82.2 Å². The van der Waals surface area contributed by atoms with Crippen molar-refractivity contribution in [3.05, 3.63) is 58.3 Å². The molecule has 4 nitrogen and oxygen atoms in total. The number of thiophene rings is 1. The fourth-order valence-electron chi connectivity index (χ4n) is 3.71. The summed E-state index contributed by atoms with van der Waals surface area (Å²) in [5, 5.41) is 9.28. The molecule has 0 radical (unpaired) electrons. The highest BCUT2D eigenvalue weighted by atomic mass is 127. The normalized spacial score (nSPS) is 21.6. The molecule has 1 saturated heterocycles. The Hall–Kier alpha value is -1.12. The first kappa shape index (κ1) is 23.2. The van der Waals surface area contributed by atoms with E-state index in [1.165, 1.54) is 10.4 Å². The summed E-state index contributed by atoms with van der Waals surface area (Å²) in [6.07, 6.45) is 2.30. The van der Waals surface area contributed by atoms with Crippen molar-refractivity contribution in [2.24, 2.45) is 4.99 Å². The largest absolute Gasteiger partial charge is 0.356 e. The van der Waals surface area contributed by atoms with Crippen LogP contribution in [0.15, 0.2) is 52.8 Å². The maximum absolute atomic E-state index is 4.43. The summed E-state index contributed by atoms with van der Waals surface area (Å²) in [6.45, 7) is 7.67. The predicted molar refractivity (Wildman–Crippen MR) is 132 cm³/mol. The van der Waals surface area contributed by atoms with Gasteiger partial charge in [-0.3, -0.25) is 9.89 Å². The lowest BCUT2D eigenvalue weighted by Crippen LogP contribution is -2.51. The third-order valence-electron chi connectivity index (χ3n) is 5.41. The number of nitrogens with one attached hydrogen (secondary N) is 2. The second-order valence-corrected chi connectivity index (χ2v) is 8.52. The monoisotopic (exact) mass is 512 g/mol. The number of halogens is 1. The SMILES string of the molecule is CN=C(NCC(C)c1cccs1)NC1CCN(Cc2ccccc2)C(C)C1.I. The van der Waals surface area contributed by atoms with Gasteiger partial charge in [-0.1, -0.05) is 43.3 Å². The van der Waals surface area contributed by atoms with Crippen LogP contribution in [0.4, 0.5) is 0 Å². The van der Waals surface area contributed by atoms with Gasteiger partial charge >= 0.3 is 0 Å². The van der Waals surface area contributed by atoms with Gasteiger partial charge in [-0.15, -0.1) is 35.3 Å². The molecule has 1 aromatic carbocycles. The van der Waals surface area contributed by atoms with Crippen LogP contribution < -0.4 is 10.6 Å². The molecule has 2 heterocycles. The van der Waals surface area contributed by atoms with E-state index in [-0.39, 0.29) is 24.0 Å². The summed E-state index contributed by atoms with van der Waals surface area (Å²) in [4.78, 5) is 8.43. The van der Waals surface area contributed by atoms with Crippen LogP contribution in [0.5, 0.6) is 0 Å². The molecule has 0 saturated carbocycles. The highest BCUT2D eigenvalue weighted by molar-refractivity contribution is 14.0. The number of hydrogen-bond acceptors (Lipinski definition) is 3. The van der Waals surface area contributed by atoms with E-state index in [0.29, 0.717) is 18.0 Å². The smallest absolute Gasteiger partial charge is 0.191 e. The van der Waals surface area contributed by atoms with E-state index in [0.717, 1.165) is 38.4 Å². The number of aliphatic imine (C=N–C) groups is 1. The molecule has 0 spiro atoms. The minimum absolute atomic E-state index is 0. The number of nitrogens with zero attached hydrogens (tertiary/aromatic N) is 2. The first-order valence-corrected chi connectivity index (χ1v) is 10.8. The van der Waals surface area contributed by atoms with Gasteiger partial charge in [-0.2, -0.15) is 0 Å². The molecule has 1 aliphatic rings. The third kappa shape index (κ3) is 6.74. The van der Waals surface area contributed by atoms with Gasteiger partial charge < -0.3 is 10.6 Å². The first-order chi connectivity index (χ1) is 13.2. The van der Waals surface area contributed by atoms with E-state index >= 15 is 0 Å². The number of likely N-dealkylation sites (tertiary alicyclic amines) is 1. The molecular formula is C22H33IN4S. The van der Waals surface area contributed by atoms with E-state index in [9.17, 15) is 0 Å². The Morgan fingerprint density at radius 2 is 2.04 bits per heavy atom. The quantitative estimate of drug-likeness (QED) is 0.335. The van der Waals surface area contributed by atoms with E-state index in [4.69, 9.17) is 0 Å². The molecule has 0 amide bonds. The Morgan fingerprint density at radius 1 is 1.25 bits per heavy atom. The molecule has 6 heteroatoms. The molecular weight excluding hydrogens is 479 g/mol. The fraction of sp³-hybridized carbons (Fsp3) is 0.500. The van der Waals surface area contributed by atoms with Crippen molar-refractivity contribution in [2.75, 3.05) is 20.1 Å². The van der Waals surface area contributed by atoms with Crippen LogP contribution in [0.25, 0.3) is 0 Å². The average Bonchev–Trinajstić information content (AvgIpc) is 3.22. The molecule has 3 unspecified atom stereocenters. The molecule has 154 valence electrons. The Labute approximate surface area is 190 Å². The van der Waals surface area contributed by atoms with Crippen molar-refractivity contribution in [3.8, 4) is 0 Å². The number of benzene rings is 1. The minimum Gasteiger partial charge on any atom is -0.356 e. The first-order valence-electron chi connectivity index (χ1n) is 9.94. The molecule has 1 aromatic heterocycles. The van der Waals surface area contributed by atoms with E-state index in [1.54, 1.807) is 0 Å². The van der Waals surface area contributed by atoms with Gasteiger partial charge in [0, 0.05) is 49.6 Å². The van der Waals surface area contributed by atoms with Crippen molar-refractivity contribution in [2.45, 2.75) is 51.2 Å². The van der Waals surface area contributed by atoms with Crippen molar-refractivity contribution >= 4 is 41.3 Å². The van der Waals surface area contributed by atoms with Gasteiger partial charge in [-0.25, -0.2) is 0 Å². The fourth-order valence-corrected chi connectivity index (χ4v) is 4.50. The Balaban J connectivity index is 0.00000280. The van der Waals surface area contributed by atoms with Crippen LogP contribution in [-0.2, 0) is 6.54 Å². The summed E-state index contributed by atoms with van der Waals surface area (Å²) < 4.78 is 0. The molecule has 1 fully saturated rings. The highest BCUT2D eigenvalue weighted by Gasteiger charge is 2.26. The maximum Gasteiger partial charge on any atom is 0.191 e. The maximum atomic E-state index is 4.43. The topological polar surface area (TPSA) is 39.7 Å². The third-order valence-corrected chi connectivity index (χ3v) is 6.52. The lowest BCUT2D eigenvalue weighted by atomic mass is 9.97. The molecule has 0 bridgehead atoms. The molecule has 1 aliphatic heterocycles. The molecule has 28 heavy (non-hydrogen) atoms. The molecule has 3 atom stereocenters. The number of hydrogen-bond donors (Lipinski definition) is 2. The van der Waals surface area contributed by atoms with Crippen LogP contribution in [0.3, 0.4) is 0 Å². The molecule has 0 aliphatic carbocycles. The van der Waals surface area contributed by atoms with Gasteiger partial charge in [0.05, 0.1) is 0 Å². The van der Waals surface area contributed by atoms with Crippen LogP contribution in [0.2, 0.25) is 0 Å². The molecule has 2 N–H and O–H groups in total. The zero-order valence-corrected chi connectivity index (χ0v) is 20.2. The summed E-state index contributed by atoms with van der Waals surface area (Å²) in [5.41, 5.74) is 1.40. The summed E-state index contributed by atoms with van der Waals surface area (Å²) in [6, 6.07) is 16.2. The van der Waals surface area contributed by atoms with Crippen LogP contribution in [0.1, 0.15) is 43.0 Å². The molecule has 3 rings (SSSR count). The zero-order valence-electron chi connectivity index (χ0n) is 17.1. The van der Waals surface area contributed by atoms with E-state index < -0.39 is 0 Å². The summed E-state index contributed by atoms with van der Waals surface area (Å²) in [7, 11) is 1.86. The minimum atomic E-state index is 0. The van der Waals surface area contributed by atoms with Crippen molar-refractivity contribution in [3.63, 3.8) is 0 Å². The predicted octanol–water partition coefficient (Wildman–Crippen LogP) is 4.69. The van der Waals surface area contributed by atoms with Gasteiger partial charge in [0.25, 0.3) is 0 Å². The van der Waals surface area contributed by atoms with Crippen molar-refractivity contribution < 1.29 is 0 Å². The van der Waals surface area contributed by atoms with Crippen molar-refractivity contribution in [1.29, 1.82) is 0 Å². The second-order valence-electron chi connectivity index (χ2n) is 7.54. The molecule has 2 aromatic rings. The van der Waals surface area contributed by atoms with Gasteiger partial charge in [-0.05, 0) is 36.8 Å². The standard InChI is InChI=1S/C22H32N4S.HI/c1-17(21-10-7-13-27-21)15-24-22(23-3)25-20-11-12-26(18(2)14-20)16-19-8-5-4-6-9-19;/h4-10,13,17-18,20H,11-12,14-16H2,1-3H3,(H2,23,24,25);1H. The van der Waals surface area contributed by atoms with Gasteiger partial charge in [0.1, 0.15) is 0 Å². The Kier molecular flexibility index (Phi) is 9.74. The van der Waals surface area contributed by atoms with Crippen LogP contribution in [0, 0.1) is 0 Å². The van der Waals surface area contributed by atoms with Gasteiger partial charge in [0.2, 0.25) is 0 Å². The Morgan fingerprint density at radius 3 is 2.68 bits per heavy atom. The summed E-state index contributed by atoms with van der Waals surface area (Å²) in [5.74, 6) is 1.42. The second kappa shape index (κ2) is 11.8. The lowest BCUT2D eigenvalue weighted by molar-refractivity contribution is 0.134. The number of piperidine rings is 1. The van der Waals surface area contributed by atoms with E-state index in [1.807, 2.05) is 18.4 Å².